The highest BCUT2D eigenvalue weighted by molar-refractivity contribution is 9.10. The summed E-state index contributed by atoms with van der Waals surface area (Å²) in [5, 5.41) is 9.65. The Labute approximate surface area is 184 Å². The minimum Gasteiger partial charge on any atom is -0.454 e. The molecule has 7 nitrogen and oxygen atoms in total. The number of para-hydroxylation sites is 1. The first-order chi connectivity index (χ1) is 14.6. The molecule has 2 aromatic carbocycles. The zero-order valence-electron chi connectivity index (χ0n) is 15.8. The molecule has 0 saturated heterocycles. The Kier molecular flexibility index (Phi) is 4.76. The van der Waals surface area contributed by atoms with Gasteiger partial charge in [-0.05, 0) is 53.2 Å². The molecule has 1 aliphatic heterocycles. The molecule has 150 valence electrons. The van der Waals surface area contributed by atoms with Crippen LogP contribution in [-0.2, 0) is 0 Å². The Balaban J connectivity index is 1.37. The van der Waals surface area contributed by atoms with Gasteiger partial charge >= 0.3 is 0 Å². The summed E-state index contributed by atoms with van der Waals surface area (Å²) < 4.78 is 13.4. The Morgan fingerprint density at radius 1 is 1.23 bits per heavy atom. The summed E-state index contributed by atoms with van der Waals surface area (Å²) >= 11 is 4.85. The molecule has 0 aliphatic carbocycles. The first-order valence-electron chi connectivity index (χ1n) is 9.07. The Morgan fingerprint density at radius 3 is 2.80 bits per heavy atom. The third-order valence-corrected chi connectivity index (χ3v) is 6.43. The number of benzene rings is 2. The second-order valence-corrected chi connectivity index (χ2v) is 8.47. The Hall–Kier alpha value is -3.17. The molecule has 1 amide bonds. The molecule has 9 heteroatoms. The zero-order valence-corrected chi connectivity index (χ0v) is 18.2. The molecule has 0 bridgehead atoms. The van der Waals surface area contributed by atoms with Gasteiger partial charge in [-0.15, -0.1) is 11.3 Å². The predicted octanol–water partition coefficient (Wildman–Crippen LogP) is 4.65. The van der Waals surface area contributed by atoms with Gasteiger partial charge in [0.15, 0.2) is 11.5 Å². The minimum atomic E-state index is -0.275. The third kappa shape index (κ3) is 3.35. The van der Waals surface area contributed by atoms with E-state index in [2.05, 4.69) is 31.6 Å². The summed E-state index contributed by atoms with van der Waals surface area (Å²) in [5.41, 5.74) is 5.19. The fourth-order valence-corrected chi connectivity index (χ4v) is 4.65. The van der Waals surface area contributed by atoms with Gasteiger partial charge in [0.2, 0.25) is 6.79 Å². The molecule has 0 atom stereocenters. The van der Waals surface area contributed by atoms with Crippen LogP contribution < -0.4 is 14.9 Å². The van der Waals surface area contributed by atoms with E-state index < -0.39 is 0 Å². The van der Waals surface area contributed by atoms with E-state index in [0.29, 0.717) is 16.4 Å². The van der Waals surface area contributed by atoms with Gasteiger partial charge in [0.1, 0.15) is 4.83 Å². The maximum atomic E-state index is 12.6. The number of fused-ring (bicyclic) bond motifs is 2. The predicted molar refractivity (Wildman–Crippen MR) is 119 cm³/mol. The molecule has 3 heterocycles. The van der Waals surface area contributed by atoms with Crippen LogP contribution >= 0.6 is 27.3 Å². The van der Waals surface area contributed by atoms with Crippen molar-refractivity contribution >= 4 is 49.6 Å². The molecule has 0 saturated carbocycles. The van der Waals surface area contributed by atoms with Gasteiger partial charge in [-0.2, -0.15) is 10.2 Å². The van der Waals surface area contributed by atoms with E-state index in [1.54, 1.807) is 12.3 Å². The number of amides is 1. The van der Waals surface area contributed by atoms with E-state index in [1.165, 1.54) is 11.3 Å². The van der Waals surface area contributed by atoms with Gasteiger partial charge in [-0.25, -0.2) is 10.1 Å². The van der Waals surface area contributed by atoms with Crippen LogP contribution in [0, 0.1) is 6.92 Å². The Bertz CT molecular complexity index is 1300. The molecule has 30 heavy (non-hydrogen) atoms. The van der Waals surface area contributed by atoms with Gasteiger partial charge in [0.05, 0.1) is 22.5 Å². The van der Waals surface area contributed by atoms with Crippen LogP contribution in [0.3, 0.4) is 0 Å². The first-order valence-corrected chi connectivity index (χ1v) is 10.7. The van der Waals surface area contributed by atoms with Crippen LogP contribution in [0.1, 0.15) is 20.9 Å². The van der Waals surface area contributed by atoms with E-state index >= 15 is 0 Å². The van der Waals surface area contributed by atoms with Gasteiger partial charge in [-0.3, -0.25) is 4.79 Å². The molecule has 1 N–H and O–H groups in total. The maximum absolute atomic E-state index is 12.6. The monoisotopic (exact) mass is 482 g/mol. The average molecular weight is 483 g/mol. The fraction of sp³-hybridized carbons (Fsp3) is 0.0952. The van der Waals surface area contributed by atoms with E-state index in [1.807, 2.05) is 54.1 Å². The lowest BCUT2D eigenvalue weighted by Crippen LogP contribution is -2.16. The zero-order chi connectivity index (χ0) is 20.7. The number of thiophene rings is 1. The van der Waals surface area contributed by atoms with Crippen molar-refractivity contribution in [1.29, 1.82) is 0 Å². The quantitative estimate of drug-likeness (QED) is 0.339. The van der Waals surface area contributed by atoms with Crippen LogP contribution in [0.2, 0.25) is 0 Å². The molecular weight excluding hydrogens is 468 g/mol. The van der Waals surface area contributed by atoms with Crippen molar-refractivity contribution in [3.63, 3.8) is 0 Å². The van der Waals surface area contributed by atoms with Gasteiger partial charge in [-0.1, -0.05) is 18.2 Å². The molecule has 0 radical (unpaired) electrons. The number of aromatic nitrogens is 2. The summed E-state index contributed by atoms with van der Waals surface area (Å²) in [5.74, 6) is 1.05. The molecule has 0 spiro atoms. The SMILES string of the molecule is Cc1nn(-c2ccccc2)c2sc(C(=O)NN=Cc3cc4c(cc3Br)OCO4)cc12. The second kappa shape index (κ2) is 7.58. The van der Waals surface area contributed by atoms with Gasteiger partial charge in [0, 0.05) is 15.4 Å². The number of rotatable bonds is 4. The van der Waals surface area contributed by atoms with Crippen LogP contribution in [0.4, 0.5) is 0 Å². The molecule has 1 aliphatic rings. The summed E-state index contributed by atoms with van der Waals surface area (Å²) in [6.07, 6.45) is 1.56. The maximum Gasteiger partial charge on any atom is 0.281 e. The average Bonchev–Trinajstić information content (AvgIpc) is 3.45. The lowest BCUT2D eigenvalue weighted by molar-refractivity contribution is 0.0959. The normalized spacial score (nSPS) is 12.7. The largest absolute Gasteiger partial charge is 0.454 e. The van der Waals surface area contributed by atoms with Crippen molar-refractivity contribution in [3.05, 3.63) is 69.1 Å². The molecular formula is C21H15BrN4O3S. The second-order valence-electron chi connectivity index (χ2n) is 6.59. The number of hydrogen-bond donors (Lipinski definition) is 1. The minimum absolute atomic E-state index is 0.199. The van der Waals surface area contributed by atoms with Crippen molar-refractivity contribution in [2.45, 2.75) is 6.92 Å². The lowest BCUT2D eigenvalue weighted by Gasteiger charge is -2.02. The van der Waals surface area contributed by atoms with Crippen molar-refractivity contribution in [2.75, 3.05) is 6.79 Å². The number of hydrogen-bond acceptors (Lipinski definition) is 6. The molecule has 4 aromatic rings. The first kappa shape index (κ1) is 18.8. The summed E-state index contributed by atoms with van der Waals surface area (Å²) in [6, 6.07) is 15.3. The number of carbonyl (C=O) groups excluding carboxylic acids is 1. The molecule has 5 rings (SSSR count). The van der Waals surface area contributed by atoms with Crippen molar-refractivity contribution in [2.24, 2.45) is 5.10 Å². The molecule has 2 aromatic heterocycles. The summed E-state index contributed by atoms with van der Waals surface area (Å²) in [4.78, 5) is 14.1. The molecule has 0 fully saturated rings. The van der Waals surface area contributed by atoms with Crippen molar-refractivity contribution < 1.29 is 14.3 Å². The highest BCUT2D eigenvalue weighted by Gasteiger charge is 2.18. The third-order valence-electron chi connectivity index (χ3n) is 4.63. The highest BCUT2D eigenvalue weighted by atomic mass is 79.9. The van der Waals surface area contributed by atoms with E-state index in [9.17, 15) is 4.79 Å². The van der Waals surface area contributed by atoms with Crippen LogP contribution in [0.5, 0.6) is 11.5 Å². The summed E-state index contributed by atoms with van der Waals surface area (Å²) in [6.45, 7) is 2.14. The lowest BCUT2D eigenvalue weighted by atomic mass is 10.2. The Morgan fingerprint density at radius 2 is 2.00 bits per heavy atom. The number of hydrazone groups is 1. The smallest absolute Gasteiger partial charge is 0.281 e. The topological polar surface area (TPSA) is 77.7 Å². The van der Waals surface area contributed by atoms with Crippen molar-refractivity contribution in [3.8, 4) is 17.2 Å². The van der Waals surface area contributed by atoms with Gasteiger partial charge in [0.25, 0.3) is 5.91 Å². The number of halogens is 1. The number of nitrogens with zero attached hydrogens (tertiary/aromatic N) is 3. The number of ether oxygens (including phenoxy) is 2. The van der Waals surface area contributed by atoms with Crippen LogP contribution in [0.25, 0.3) is 15.9 Å². The van der Waals surface area contributed by atoms with E-state index in [4.69, 9.17) is 9.47 Å². The van der Waals surface area contributed by atoms with E-state index in [-0.39, 0.29) is 12.7 Å². The number of aryl methyl sites for hydroxylation is 1. The number of carbonyl (C=O) groups is 1. The van der Waals surface area contributed by atoms with Crippen LogP contribution in [-0.4, -0.2) is 28.7 Å². The standard InChI is InChI=1S/C21H15BrN4O3S/c1-12-15-8-19(30-21(15)26(25-12)14-5-3-2-4-6-14)20(27)24-23-10-13-7-17-18(9-16(13)22)29-11-28-17/h2-10H,11H2,1H3,(H,24,27). The highest BCUT2D eigenvalue weighted by Crippen LogP contribution is 2.36. The van der Waals surface area contributed by atoms with Crippen LogP contribution in [0.15, 0.2) is 58.1 Å². The number of nitrogens with one attached hydrogen (secondary N) is 1. The van der Waals surface area contributed by atoms with Crippen molar-refractivity contribution in [1.82, 2.24) is 15.2 Å². The summed E-state index contributed by atoms with van der Waals surface area (Å²) in [7, 11) is 0. The van der Waals surface area contributed by atoms with Gasteiger partial charge < -0.3 is 9.47 Å². The fourth-order valence-electron chi connectivity index (χ4n) is 3.15. The van der Waals surface area contributed by atoms with E-state index in [0.717, 1.165) is 31.6 Å². The molecule has 0 unspecified atom stereocenters.